The van der Waals surface area contributed by atoms with Crippen LogP contribution in [0.5, 0.6) is 11.5 Å². The van der Waals surface area contributed by atoms with Crippen molar-refractivity contribution >= 4 is 45.0 Å². The zero-order valence-corrected chi connectivity index (χ0v) is 23.0. The van der Waals surface area contributed by atoms with Gasteiger partial charge in [0, 0.05) is 5.56 Å². The lowest BCUT2D eigenvalue weighted by Crippen LogP contribution is -2.39. The average molecular weight is 591 g/mol. The molecule has 0 unspecified atom stereocenters. The fraction of sp³-hybridized carbons (Fsp3) is 0.138. The van der Waals surface area contributed by atoms with E-state index in [4.69, 9.17) is 14.5 Å². The Morgan fingerprint density at radius 2 is 1.82 bits per heavy atom. The maximum absolute atomic E-state index is 13.9. The number of carbonyl (C=O) groups is 1. The summed E-state index contributed by atoms with van der Waals surface area (Å²) in [4.78, 5) is 32.6. The monoisotopic (exact) mass is 590 g/mol. The van der Waals surface area contributed by atoms with Crippen molar-refractivity contribution in [2.24, 2.45) is 4.99 Å². The zero-order chi connectivity index (χ0) is 26.8. The van der Waals surface area contributed by atoms with E-state index in [9.17, 15) is 14.7 Å². The molecule has 4 aromatic rings. The van der Waals surface area contributed by atoms with Crippen molar-refractivity contribution in [3.63, 3.8) is 0 Å². The van der Waals surface area contributed by atoms with Crippen LogP contribution in [0.15, 0.2) is 92.6 Å². The molecule has 0 aliphatic carbocycles. The van der Waals surface area contributed by atoms with Crippen LogP contribution in [0.25, 0.3) is 11.8 Å². The van der Waals surface area contributed by atoms with Crippen LogP contribution < -0.4 is 19.6 Å². The minimum atomic E-state index is -0.732. The van der Waals surface area contributed by atoms with Gasteiger partial charge >= 0.3 is 5.97 Å². The summed E-state index contributed by atoms with van der Waals surface area (Å²) >= 11 is 4.56. The zero-order valence-electron chi connectivity index (χ0n) is 20.6. The second-order valence-corrected chi connectivity index (χ2v) is 10.3. The number of benzene rings is 3. The van der Waals surface area contributed by atoms with Crippen LogP contribution in [0, 0.1) is 0 Å². The number of hydrogen-bond acceptors (Lipinski definition) is 7. The first-order valence-electron chi connectivity index (χ1n) is 11.8. The van der Waals surface area contributed by atoms with Crippen molar-refractivity contribution in [3.8, 4) is 11.5 Å². The lowest BCUT2D eigenvalue weighted by atomic mass is 9.93. The van der Waals surface area contributed by atoms with Gasteiger partial charge in [0.2, 0.25) is 0 Å². The van der Waals surface area contributed by atoms with E-state index in [1.54, 1.807) is 29.7 Å². The van der Waals surface area contributed by atoms with E-state index >= 15 is 0 Å². The topological polar surface area (TPSA) is 90.1 Å². The molecule has 2 heterocycles. The van der Waals surface area contributed by atoms with Crippen molar-refractivity contribution in [2.75, 3.05) is 13.7 Å². The van der Waals surface area contributed by atoms with Gasteiger partial charge in [0.25, 0.3) is 5.56 Å². The van der Waals surface area contributed by atoms with Crippen molar-refractivity contribution in [1.29, 1.82) is 0 Å². The standard InChI is InChI=1S/C29H23BrN2O5S/c1-3-37-28(35)23-24(18-10-6-4-7-11-18)31-29-32(25(23)19-12-8-5-9-13-19)27(34)22(38-29)16-17-14-20(30)26(33)21(15-17)36-2/h4-16,25,33H,3H2,1-2H3/b22-16-/t25-/m0/s1. The van der Waals surface area contributed by atoms with Gasteiger partial charge in [-0.2, -0.15) is 0 Å². The molecule has 5 rings (SSSR count). The number of fused-ring (bicyclic) bond motifs is 1. The summed E-state index contributed by atoms with van der Waals surface area (Å²) in [5.41, 5.74) is 2.65. The SMILES string of the molecule is CCOC(=O)C1=C(c2ccccc2)N=c2s/c(=C\c3cc(Br)c(O)c(OC)c3)c(=O)n2[C@H]1c1ccccc1. The maximum Gasteiger partial charge on any atom is 0.338 e. The van der Waals surface area contributed by atoms with Crippen molar-refractivity contribution < 1.29 is 19.4 Å². The minimum absolute atomic E-state index is 0.0261. The Morgan fingerprint density at radius 1 is 1.13 bits per heavy atom. The maximum atomic E-state index is 13.9. The average Bonchev–Trinajstić information content (AvgIpc) is 3.25. The van der Waals surface area contributed by atoms with Gasteiger partial charge < -0.3 is 14.6 Å². The first kappa shape index (κ1) is 25.7. The number of aromatic nitrogens is 1. The molecule has 0 fully saturated rings. The second kappa shape index (κ2) is 10.8. The number of rotatable bonds is 6. The summed E-state index contributed by atoms with van der Waals surface area (Å²) in [7, 11) is 1.46. The molecule has 0 radical (unpaired) electrons. The number of nitrogens with zero attached hydrogens (tertiary/aromatic N) is 2. The first-order chi connectivity index (χ1) is 18.4. The van der Waals surface area contributed by atoms with Gasteiger partial charge in [-0.05, 0) is 52.2 Å². The van der Waals surface area contributed by atoms with Crippen LogP contribution in [-0.2, 0) is 9.53 Å². The largest absolute Gasteiger partial charge is 0.503 e. The molecule has 1 aliphatic rings. The van der Waals surface area contributed by atoms with Crippen molar-refractivity contribution in [1.82, 2.24) is 4.57 Å². The molecule has 9 heteroatoms. The molecular formula is C29H23BrN2O5S. The Morgan fingerprint density at radius 3 is 2.47 bits per heavy atom. The van der Waals surface area contributed by atoms with Crippen LogP contribution in [0.1, 0.15) is 29.7 Å². The van der Waals surface area contributed by atoms with Gasteiger partial charge in [-0.15, -0.1) is 0 Å². The number of esters is 1. The Hall–Kier alpha value is -3.95. The molecule has 3 aromatic carbocycles. The molecule has 0 saturated heterocycles. The normalized spacial score (nSPS) is 15.1. The third kappa shape index (κ3) is 4.70. The second-order valence-electron chi connectivity index (χ2n) is 8.40. The molecule has 38 heavy (non-hydrogen) atoms. The van der Waals surface area contributed by atoms with Crippen LogP contribution in [0.4, 0.5) is 0 Å². The number of halogens is 1. The van der Waals surface area contributed by atoms with E-state index in [-0.39, 0.29) is 23.7 Å². The van der Waals surface area contributed by atoms with Crippen molar-refractivity contribution in [3.05, 3.63) is 119 Å². The Kier molecular flexibility index (Phi) is 7.31. The molecule has 192 valence electrons. The van der Waals surface area contributed by atoms with Gasteiger partial charge in [0.05, 0.1) is 40.0 Å². The summed E-state index contributed by atoms with van der Waals surface area (Å²) in [6.07, 6.45) is 1.72. The predicted octanol–water partition coefficient (Wildman–Crippen LogP) is 4.41. The van der Waals surface area contributed by atoms with E-state index in [1.807, 2.05) is 60.7 Å². The predicted molar refractivity (Wildman–Crippen MR) is 150 cm³/mol. The van der Waals surface area contributed by atoms with Crippen LogP contribution in [-0.4, -0.2) is 29.4 Å². The van der Waals surface area contributed by atoms with Gasteiger partial charge in [-0.3, -0.25) is 9.36 Å². The fourth-order valence-corrected chi connectivity index (χ4v) is 5.84. The Bertz CT molecular complexity index is 1730. The quantitative estimate of drug-likeness (QED) is 0.336. The number of aromatic hydroxyl groups is 1. The lowest BCUT2D eigenvalue weighted by Gasteiger charge is -2.25. The molecule has 1 N–H and O–H groups in total. The van der Waals surface area contributed by atoms with Crippen LogP contribution in [0.3, 0.4) is 0 Å². The number of hydrogen-bond donors (Lipinski definition) is 1. The summed E-state index contributed by atoms with van der Waals surface area (Å²) in [5.74, 6) is -0.274. The first-order valence-corrected chi connectivity index (χ1v) is 13.4. The van der Waals surface area contributed by atoms with E-state index in [0.29, 0.717) is 30.6 Å². The third-order valence-electron chi connectivity index (χ3n) is 6.06. The van der Waals surface area contributed by atoms with E-state index in [0.717, 1.165) is 11.1 Å². The van der Waals surface area contributed by atoms with E-state index < -0.39 is 12.0 Å². The van der Waals surface area contributed by atoms with Crippen LogP contribution in [0.2, 0.25) is 0 Å². The minimum Gasteiger partial charge on any atom is -0.503 e. The smallest absolute Gasteiger partial charge is 0.338 e. The molecule has 1 aliphatic heterocycles. The van der Waals surface area contributed by atoms with Crippen LogP contribution >= 0.6 is 27.3 Å². The van der Waals surface area contributed by atoms with Gasteiger partial charge in [-0.1, -0.05) is 72.0 Å². The number of phenols is 1. The Labute approximate surface area is 230 Å². The molecule has 0 bridgehead atoms. The van der Waals surface area contributed by atoms with E-state index in [2.05, 4.69) is 15.9 Å². The highest BCUT2D eigenvalue weighted by molar-refractivity contribution is 9.10. The molecular weight excluding hydrogens is 568 g/mol. The lowest BCUT2D eigenvalue weighted by molar-refractivity contribution is -0.138. The van der Waals surface area contributed by atoms with Crippen molar-refractivity contribution in [2.45, 2.75) is 13.0 Å². The summed E-state index contributed by atoms with van der Waals surface area (Å²) in [5, 5.41) is 10.2. The highest BCUT2D eigenvalue weighted by Crippen LogP contribution is 2.36. The number of carbonyl (C=O) groups excluding carboxylic acids is 1. The molecule has 0 saturated carbocycles. The third-order valence-corrected chi connectivity index (χ3v) is 7.64. The van der Waals surface area contributed by atoms with E-state index in [1.165, 1.54) is 18.4 Å². The van der Waals surface area contributed by atoms with Gasteiger partial charge in [0.1, 0.15) is 0 Å². The number of ether oxygens (including phenoxy) is 2. The number of methoxy groups -OCH3 is 1. The summed E-state index contributed by atoms with van der Waals surface area (Å²) < 4.78 is 13.1. The molecule has 1 atom stereocenters. The molecule has 0 amide bonds. The highest BCUT2D eigenvalue weighted by Gasteiger charge is 2.35. The molecule has 0 spiro atoms. The summed E-state index contributed by atoms with van der Waals surface area (Å²) in [6.45, 7) is 1.94. The summed E-state index contributed by atoms with van der Waals surface area (Å²) in [6, 6.07) is 21.4. The van der Waals surface area contributed by atoms with Gasteiger partial charge in [-0.25, -0.2) is 9.79 Å². The number of thiazole rings is 1. The molecule has 7 nitrogen and oxygen atoms in total. The fourth-order valence-electron chi connectivity index (χ4n) is 4.38. The highest BCUT2D eigenvalue weighted by atomic mass is 79.9. The van der Waals surface area contributed by atoms with Gasteiger partial charge in [0.15, 0.2) is 16.3 Å². The Balaban J connectivity index is 1.81. The molecule has 1 aromatic heterocycles. The number of phenolic OH excluding ortho intramolecular Hbond substituents is 1.